The number of hydrogen-bond donors (Lipinski definition) is 1. The van der Waals surface area contributed by atoms with Crippen LogP contribution in [0.15, 0.2) is 35.3 Å². The molecule has 1 fully saturated rings. The molecule has 26 heavy (non-hydrogen) atoms. The van der Waals surface area contributed by atoms with Gasteiger partial charge in [-0.05, 0) is 31.0 Å². The maximum atomic E-state index is 12.5. The molecule has 2 aromatic rings. The number of nitrogens with zero attached hydrogens (tertiary/aromatic N) is 3. The van der Waals surface area contributed by atoms with Crippen molar-refractivity contribution in [3.05, 3.63) is 46.4 Å². The Morgan fingerprint density at radius 1 is 1.19 bits per heavy atom. The second-order valence-corrected chi connectivity index (χ2v) is 6.48. The molecule has 0 radical (unpaired) electrons. The van der Waals surface area contributed by atoms with E-state index in [4.69, 9.17) is 9.47 Å². The first-order chi connectivity index (χ1) is 12.6. The molecular formula is C18H20N4O4. The van der Waals surface area contributed by atoms with Crippen LogP contribution in [0.2, 0.25) is 0 Å². The van der Waals surface area contributed by atoms with Gasteiger partial charge in [-0.2, -0.15) is 5.10 Å². The number of piperidine rings is 1. The minimum atomic E-state index is -0.124. The van der Waals surface area contributed by atoms with E-state index >= 15 is 0 Å². The molecule has 0 spiro atoms. The van der Waals surface area contributed by atoms with Crippen molar-refractivity contribution in [3.63, 3.8) is 0 Å². The normalized spacial score (nSPS) is 16.6. The van der Waals surface area contributed by atoms with Gasteiger partial charge in [0.1, 0.15) is 0 Å². The molecule has 0 bridgehead atoms. The highest BCUT2D eigenvalue weighted by atomic mass is 16.7. The zero-order chi connectivity index (χ0) is 18.1. The number of nitrogens with one attached hydrogen (secondary N) is 1. The Morgan fingerprint density at radius 2 is 1.96 bits per heavy atom. The molecule has 4 rings (SSSR count). The first kappa shape index (κ1) is 16.4. The third-order valence-corrected chi connectivity index (χ3v) is 4.78. The molecule has 0 atom stereocenters. The number of hydrogen-bond acceptors (Lipinski definition) is 6. The van der Waals surface area contributed by atoms with Gasteiger partial charge in [-0.3, -0.25) is 9.59 Å². The van der Waals surface area contributed by atoms with Gasteiger partial charge in [0.05, 0.1) is 11.9 Å². The Hall–Kier alpha value is -3.03. The van der Waals surface area contributed by atoms with Crippen LogP contribution in [0.3, 0.4) is 0 Å². The van der Waals surface area contributed by atoms with Crippen LogP contribution < -0.4 is 25.2 Å². The highest BCUT2D eigenvalue weighted by Crippen LogP contribution is 2.32. The van der Waals surface area contributed by atoms with Crippen molar-refractivity contribution < 1.29 is 14.3 Å². The maximum Gasteiger partial charge on any atom is 0.268 e. The Balaban J connectivity index is 1.35. The predicted octanol–water partition coefficient (Wildman–Crippen LogP) is 0.908. The van der Waals surface area contributed by atoms with Gasteiger partial charge >= 0.3 is 0 Å². The number of anilines is 1. The Kier molecular flexibility index (Phi) is 4.24. The van der Waals surface area contributed by atoms with Crippen molar-refractivity contribution in [2.24, 2.45) is 7.05 Å². The number of benzene rings is 1. The number of rotatable bonds is 3. The number of aryl methyl sites for hydroxylation is 1. The largest absolute Gasteiger partial charge is 0.454 e. The summed E-state index contributed by atoms with van der Waals surface area (Å²) >= 11 is 0. The van der Waals surface area contributed by atoms with E-state index in [-0.39, 0.29) is 24.3 Å². The van der Waals surface area contributed by atoms with Gasteiger partial charge in [-0.15, -0.1) is 0 Å². The van der Waals surface area contributed by atoms with Crippen LogP contribution in [0.1, 0.15) is 23.2 Å². The standard InChI is InChI=1S/C18H20N4O4/c1-21-17(23)9-14(10-19-21)22-6-4-13(5-7-22)20-18(24)12-2-3-15-16(8-12)26-11-25-15/h2-3,8-10,13H,4-7,11H2,1H3,(H,20,24). The van der Waals surface area contributed by atoms with Gasteiger partial charge in [0.15, 0.2) is 11.5 Å². The number of carbonyl (C=O) groups excluding carboxylic acids is 1. The van der Waals surface area contributed by atoms with Gasteiger partial charge in [-0.25, -0.2) is 4.68 Å². The molecule has 8 nitrogen and oxygen atoms in total. The molecule has 0 saturated carbocycles. The summed E-state index contributed by atoms with van der Waals surface area (Å²) in [6.07, 6.45) is 3.32. The average molecular weight is 356 g/mol. The lowest BCUT2D eigenvalue weighted by atomic mass is 10.0. The van der Waals surface area contributed by atoms with Gasteiger partial charge in [0.2, 0.25) is 6.79 Å². The van der Waals surface area contributed by atoms with Gasteiger partial charge in [0.25, 0.3) is 11.5 Å². The molecule has 3 heterocycles. The molecule has 0 unspecified atom stereocenters. The SMILES string of the molecule is Cn1ncc(N2CCC(NC(=O)c3ccc4c(c3)OCO4)CC2)cc1=O. The third kappa shape index (κ3) is 3.22. The second kappa shape index (κ2) is 6.70. The molecule has 1 N–H and O–H groups in total. The monoisotopic (exact) mass is 356 g/mol. The zero-order valence-electron chi connectivity index (χ0n) is 14.5. The van der Waals surface area contributed by atoms with E-state index in [1.54, 1.807) is 37.5 Å². The maximum absolute atomic E-state index is 12.5. The fraction of sp³-hybridized carbons (Fsp3) is 0.389. The topological polar surface area (TPSA) is 85.7 Å². The molecular weight excluding hydrogens is 336 g/mol. The number of amides is 1. The lowest BCUT2D eigenvalue weighted by Gasteiger charge is -2.33. The average Bonchev–Trinajstić information content (AvgIpc) is 3.12. The lowest BCUT2D eigenvalue weighted by Crippen LogP contribution is -2.45. The minimum Gasteiger partial charge on any atom is -0.454 e. The van der Waals surface area contributed by atoms with Crippen molar-refractivity contribution in [1.82, 2.24) is 15.1 Å². The predicted molar refractivity (Wildman–Crippen MR) is 94.7 cm³/mol. The van der Waals surface area contributed by atoms with E-state index in [1.807, 2.05) is 0 Å². The van der Waals surface area contributed by atoms with Crippen LogP contribution in [-0.2, 0) is 7.05 Å². The van der Waals surface area contributed by atoms with Crippen molar-refractivity contribution in [2.45, 2.75) is 18.9 Å². The van der Waals surface area contributed by atoms with E-state index in [1.165, 1.54) is 4.68 Å². The Bertz CT molecular complexity index is 887. The molecule has 1 aromatic heterocycles. The van der Waals surface area contributed by atoms with E-state index in [2.05, 4.69) is 15.3 Å². The molecule has 8 heteroatoms. The fourth-order valence-corrected chi connectivity index (χ4v) is 3.22. The number of ether oxygens (including phenoxy) is 2. The number of aromatic nitrogens is 2. The van der Waals surface area contributed by atoms with Crippen molar-refractivity contribution in [2.75, 3.05) is 24.8 Å². The number of carbonyl (C=O) groups is 1. The third-order valence-electron chi connectivity index (χ3n) is 4.78. The molecule has 1 amide bonds. The van der Waals surface area contributed by atoms with Crippen LogP contribution in [0, 0.1) is 0 Å². The van der Waals surface area contributed by atoms with Crippen molar-refractivity contribution in [1.29, 1.82) is 0 Å². The molecule has 2 aliphatic rings. The summed E-state index contributed by atoms with van der Waals surface area (Å²) in [5, 5.41) is 7.14. The van der Waals surface area contributed by atoms with E-state index in [0.717, 1.165) is 31.6 Å². The highest BCUT2D eigenvalue weighted by molar-refractivity contribution is 5.95. The molecule has 136 valence electrons. The molecule has 0 aliphatic carbocycles. The zero-order valence-corrected chi connectivity index (χ0v) is 14.5. The van der Waals surface area contributed by atoms with Crippen LogP contribution in [0.5, 0.6) is 11.5 Å². The molecule has 1 saturated heterocycles. The van der Waals surface area contributed by atoms with Gasteiger partial charge in [0, 0.05) is 37.8 Å². The lowest BCUT2D eigenvalue weighted by molar-refractivity contribution is 0.0930. The Labute approximate surface area is 150 Å². The summed E-state index contributed by atoms with van der Waals surface area (Å²) in [6, 6.07) is 6.90. The molecule has 2 aliphatic heterocycles. The van der Waals surface area contributed by atoms with Crippen molar-refractivity contribution in [3.8, 4) is 11.5 Å². The minimum absolute atomic E-state index is 0.101. The second-order valence-electron chi connectivity index (χ2n) is 6.48. The first-order valence-corrected chi connectivity index (χ1v) is 8.59. The molecule has 1 aromatic carbocycles. The Morgan fingerprint density at radius 3 is 2.73 bits per heavy atom. The van der Waals surface area contributed by atoms with Crippen LogP contribution in [-0.4, -0.2) is 41.6 Å². The van der Waals surface area contributed by atoms with E-state index < -0.39 is 0 Å². The first-order valence-electron chi connectivity index (χ1n) is 8.59. The van der Waals surface area contributed by atoms with Crippen LogP contribution >= 0.6 is 0 Å². The fourth-order valence-electron chi connectivity index (χ4n) is 3.22. The summed E-state index contributed by atoms with van der Waals surface area (Å²) in [6.45, 7) is 1.72. The summed E-state index contributed by atoms with van der Waals surface area (Å²) in [4.78, 5) is 26.3. The number of fused-ring (bicyclic) bond motifs is 1. The smallest absolute Gasteiger partial charge is 0.268 e. The van der Waals surface area contributed by atoms with Crippen LogP contribution in [0.25, 0.3) is 0 Å². The van der Waals surface area contributed by atoms with Gasteiger partial charge in [-0.1, -0.05) is 0 Å². The van der Waals surface area contributed by atoms with E-state index in [9.17, 15) is 9.59 Å². The summed E-state index contributed by atoms with van der Waals surface area (Å²) in [7, 11) is 1.63. The van der Waals surface area contributed by atoms with E-state index in [0.29, 0.717) is 17.1 Å². The van der Waals surface area contributed by atoms with Crippen LogP contribution in [0.4, 0.5) is 5.69 Å². The summed E-state index contributed by atoms with van der Waals surface area (Å²) < 4.78 is 11.9. The quantitative estimate of drug-likeness (QED) is 0.880. The van der Waals surface area contributed by atoms with Crippen molar-refractivity contribution >= 4 is 11.6 Å². The highest BCUT2D eigenvalue weighted by Gasteiger charge is 2.23. The van der Waals surface area contributed by atoms with Gasteiger partial charge < -0.3 is 19.7 Å². The summed E-state index contributed by atoms with van der Waals surface area (Å²) in [5.41, 5.74) is 1.27. The summed E-state index contributed by atoms with van der Waals surface area (Å²) in [5.74, 6) is 1.15.